The van der Waals surface area contributed by atoms with Gasteiger partial charge in [-0.05, 0) is 25.5 Å². The summed E-state index contributed by atoms with van der Waals surface area (Å²) in [6, 6.07) is 4.38. The molecule has 3 nitrogen and oxygen atoms in total. The van der Waals surface area contributed by atoms with E-state index in [-0.39, 0.29) is 6.61 Å². The fraction of sp³-hybridized carbons (Fsp3) is 0.600. The van der Waals surface area contributed by atoms with Crippen molar-refractivity contribution in [3.8, 4) is 5.06 Å². The second kappa shape index (κ2) is 6.01. The number of hydrogen-bond acceptors (Lipinski definition) is 4. The monoisotopic (exact) mass is 215 g/mol. The number of aliphatic hydroxyl groups is 1. The van der Waals surface area contributed by atoms with E-state index in [9.17, 15) is 0 Å². The van der Waals surface area contributed by atoms with Gasteiger partial charge in [0.1, 0.15) is 0 Å². The summed E-state index contributed by atoms with van der Waals surface area (Å²) < 4.78 is 5.10. The molecule has 0 spiro atoms. The van der Waals surface area contributed by atoms with Crippen molar-refractivity contribution in [2.75, 3.05) is 13.7 Å². The minimum absolute atomic E-state index is 0.238. The molecule has 1 atom stereocenters. The van der Waals surface area contributed by atoms with E-state index in [1.165, 1.54) is 4.88 Å². The van der Waals surface area contributed by atoms with Crippen LogP contribution in [0.2, 0.25) is 0 Å². The number of methoxy groups -OCH3 is 1. The molecule has 1 aromatic heterocycles. The Hall–Kier alpha value is -0.580. The molecule has 0 aromatic carbocycles. The number of hydrogen-bond donors (Lipinski definition) is 2. The summed E-state index contributed by atoms with van der Waals surface area (Å²) in [6.45, 7) is 3.15. The van der Waals surface area contributed by atoms with Gasteiger partial charge in [-0.3, -0.25) is 0 Å². The maximum absolute atomic E-state index is 8.72. The van der Waals surface area contributed by atoms with Gasteiger partial charge in [-0.2, -0.15) is 0 Å². The molecule has 1 heterocycles. The van der Waals surface area contributed by atoms with Crippen molar-refractivity contribution in [3.05, 3.63) is 17.0 Å². The van der Waals surface area contributed by atoms with Gasteiger partial charge >= 0.3 is 0 Å². The molecular weight excluding hydrogens is 198 g/mol. The van der Waals surface area contributed by atoms with E-state index in [2.05, 4.69) is 18.3 Å². The van der Waals surface area contributed by atoms with Gasteiger partial charge in [0, 0.05) is 24.1 Å². The van der Waals surface area contributed by atoms with Crippen LogP contribution in [-0.4, -0.2) is 24.9 Å². The Kier molecular flexibility index (Phi) is 4.93. The predicted octanol–water partition coefficient (Wildman–Crippen LogP) is 1.62. The van der Waals surface area contributed by atoms with E-state index in [1.54, 1.807) is 18.4 Å². The van der Waals surface area contributed by atoms with Gasteiger partial charge in [-0.1, -0.05) is 0 Å². The highest BCUT2D eigenvalue weighted by atomic mass is 32.1. The first kappa shape index (κ1) is 11.5. The highest BCUT2D eigenvalue weighted by Gasteiger charge is 2.02. The first-order valence-corrected chi connectivity index (χ1v) is 5.55. The SMILES string of the molecule is COc1ccc(CNC(C)CCO)s1. The molecule has 1 unspecified atom stereocenters. The lowest BCUT2D eigenvalue weighted by molar-refractivity contribution is 0.269. The summed E-state index contributed by atoms with van der Waals surface area (Å²) in [5.74, 6) is 0. The van der Waals surface area contributed by atoms with Crippen LogP contribution in [0.3, 0.4) is 0 Å². The maximum Gasteiger partial charge on any atom is 0.173 e. The van der Waals surface area contributed by atoms with Crippen LogP contribution in [0, 0.1) is 0 Å². The van der Waals surface area contributed by atoms with E-state index < -0.39 is 0 Å². The summed E-state index contributed by atoms with van der Waals surface area (Å²) in [6.07, 6.45) is 0.794. The van der Waals surface area contributed by atoms with Gasteiger partial charge in [-0.25, -0.2) is 0 Å². The fourth-order valence-corrected chi connectivity index (χ4v) is 1.90. The molecule has 2 N–H and O–H groups in total. The minimum atomic E-state index is 0.238. The normalized spacial score (nSPS) is 12.8. The first-order valence-electron chi connectivity index (χ1n) is 4.73. The summed E-state index contributed by atoms with van der Waals surface area (Å²) >= 11 is 1.65. The van der Waals surface area contributed by atoms with Crippen LogP contribution in [0.1, 0.15) is 18.2 Å². The average molecular weight is 215 g/mol. The summed E-state index contributed by atoms with van der Waals surface area (Å²) in [7, 11) is 1.68. The molecule has 0 radical (unpaired) electrons. The van der Waals surface area contributed by atoms with Gasteiger partial charge in [0.2, 0.25) is 0 Å². The van der Waals surface area contributed by atoms with Crippen molar-refractivity contribution in [3.63, 3.8) is 0 Å². The summed E-state index contributed by atoms with van der Waals surface area (Å²) in [5.41, 5.74) is 0. The molecule has 4 heteroatoms. The van der Waals surface area contributed by atoms with Gasteiger partial charge in [0.15, 0.2) is 5.06 Å². The Balaban J connectivity index is 2.30. The lowest BCUT2D eigenvalue weighted by Gasteiger charge is -2.10. The largest absolute Gasteiger partial charge is 0.487 e. The topological polar surface area (TPSA) is 41.5 Å². The number of ether oxygens (including phenoxy) is 1. The van der Waals surface area contributed by atoms with Gasteiger partial charge in [0.25, 0.3) is 0 Å². The van der Waals surface area contributed by atoms with E-state index in [0.29, 0.717) is 6.04 Å². The van der Waals surface area contributed by atoms with Gasteiger partial charge < -0.3 is 15.2 Å². The lowest BCUT2D eigenvalue weighted by Crippen LogP contribution is -2.25. The van der Waals surface area contributed by atoms with Crippen molar-refractivity contribution < 1.29 is 9.84 Å². The third-order valence-electron chi connectivity index (χ3n) is 2.03. The lowest BCUT2D eigenvalue weighted by atomic mass is 10.2. The zero-order valence-corrected chi connectivity index (χ0v) is 9.43. The second-order valence-electron chi connectivity index (χ2n) is 3.22. The molecule has 0 saturated heterocycles. The molecule has 1 aromatic rings. The highest BCUT2D eigenvalue weighted by molar-refractivity contribution is 7.13. The molecule has 80 valence electrons. The quantitative estimate of drug-likeness (QED) is 0.757. The van der Waals surface area contributed by atoms with E-state index in [1.807, 2.05) is 6.07 Å². The summed E-state index contributed by atoms with van der Waals surface area (Å²) in [4.78, 5) is 1.26. The predicted molar refractivity (Wildman–Crippen MR) is 58.9 cm³/mol. The molecule has 14 heavy (non-hydrogen) atoms. The number of aliphatic hydroxyl groups excluding tert-OH is 1. The molecule has 0 fully saturated rings. The number of nitrogens with one attached hydrogen (secondary N) is 1. The van der Waals surface area contributed by atoms with Crippen LogP contribution < -0.4 is 10.1 Å². The molecule has 0 bridgehead atoms. The van der Waals surface area contributed by atoms with Crippen LogP contribution in [0.5, 0.6) is 5.06 Å². The van der Waals surface area contributed by atoms with E-state index in [0.717, 1.165) is 18.0 Å². The van der Waals surface area contributed by atoms with E-state index >= 15 is 0 Å². The molecule has 0 aliphatic rings. The Morgan fingerprint density at radius 3 is 2.93 bits per heavy atom. The van der Waals surface area contributed by atoms with Crippen molar-refractivity contribution >= 4 is 11.3 Å². The van der Waals surface area contributed by atoms with Gasteiger partial charge in [-0.15, -0.1) is 11.3 Å². The fourth-order valence-electron chi connectivity index (χ4n) is 1.13. The Labute approximate surface area is 88.7 Å². The Morgan fingerprint density at radius 2 is 2.36 bits per heavy atom. The second-order valence-corrected chi connectivity index (χ2v) is 4.35. The number of rotatable bonds is 6. The zero-order valence-electron chi connectivity index (χ0n) is 8.62. The van der Waals surface area contributed by atoms with E-state index in [4.69, 9.17) is 9.84 Å². The van der Waals surface area contributed by atoms with Crippen LogP contribution in [0.15, 0.2) is 12.1 Å². The average Bonchev–Trinajstić information content (AvgIpc) is 2.63. The number of thiophene rings is 1. The Morgan fingerprint density at radius 1 is 1.57 bits per heavy atom. The Bertz CT molecular complexity index is 262. The standard InChI is InChI=1S/C10H17NO2S/c1-8(5-6-12)11-7-9-3-4-10(13-2)14-9/h3-4,8,11-12H,5-7H2,1-2H3. The summed E-state index contributed by atoms with van der Waals surface area (Å²) in [5, 5.41) is 13.0. The van der Waals surface area contributed by atoms with Crippen molar-refractivity contribution in [2.45, 2.75) is 25.9 Å². The minimum Gasteiger partial charge on any atom is -0.487 e. The molecule has 0 amide bonds. The van der Waals surface area contributed by atoms with Crippen molar-refractivity contribution in [1.82, 2.24) is 5.32 Å². The van der Waals surface area contributed by atoms with Crippen molar-refractivity contribution in [2.24, 2.45) is 0 Å². The molecule has 0 saturated carbocycles. The molecule has 0 aliphatic carbocycles. The van der Waals surface area contributed by atoms with Gasteiger partial charge in [0.05, 0.1) is 7.11 Å². The smallest absolute Gasteiger partial charge is 0.173 e. The van der Waals surface area contributed by atoms with Crippen molar-refractivity contribution in [1.29, 1.82) is 0 Å². The first-order chi connectivity index (χ1) is 6.76. The van der Waals surface area contributed by atoms with Crippen LogP contribution in [0.4, 0.5) is 0 Å². The zero-order chi connectivity index (χ0) is 10.4. The third-order valence-corrected chi connectivity index (χ3v) is 3.07. The van der Waals surface area contributed by atoms with Crippen LogP contribution in [-0.2, 0) is 6.54 Å². The molecular formula is C10H17NO2S. The maximum atomic E-state index is 8.72. The third kappa shape index (κ3) is 3.65. The van der Waals surface area contributed by atoms with Crippen LogP contribution >= 0.6 is 11.3 Å². The highest BCUT2D eigenvalue weighted by Crippen LogP contribution is 2.23. The molecule has 0 aliphatic heterocycles. The van der Waals surface area contributed by atoms with Crippen LogP contribution in [0.25, 0.3) is 0 Å². The molecule has 1 rings (SSSR count).